The Morgan fingerprint density at radius 2 is 1.83 bits per heavy atom. The lowest BCUT2D eigenvalue weighted by Gasteiger charge is -2.33. The maximum absolute atomic E-state index is 13.1. The molecule has 0 bridgehead atoms. The second-order valence-electron chi connectivity index (χ2n) is 7.39. The summed E-state index contributed by atoms with van der Waals surface area (Å²) < 4.78 is 40.0. The van der Waals surface area contributed by atoms with Crippen molar-refractivity contribution in [3.05, 3.63) is 23.0 Å². The third kappa shape index (κ3) is 4.10. The molecule has 0 aliphatic carbocycles. The fourth-order valence-electron chi connectivity index (χ4n) is 3.28. The van der Waals surface area contributed by atoms with Crippen molar-refractivity contribution in [2.45, 2.75) is 32.0 Å². The van der Waals surface area contributed by atoms with Crippen molar-refractivity contribution in [1.82, 2.24) is 37.7 Å². The molecule has 4 rings (SSSR count). The highest BCUT2D eigenvalue weighted by atomic mass is 32.2. The van der Waals surface area contributed by atoms with Gasteiger partial charge in [-0.05, 0) is 40.7 Å². The van der Waals surface area contributed by atoms with Gasteiger partial charge in [0.15, 0.2) is 0 Å². The minimum atomic E-state index is -3.62. The van der Waals surface area contributed by atoms with E-state index in [9.17, 15) is 8.42 Å². The maximum Gasteiger partial charge on any atom is 0.245 e. The number of nitrogens with zero attached hydrogens (tertiary/aromatic N) is 8. The van der Waals surface area contributed by atoms with Crippen LogP contribution in [0.3, 0.4) is 0 Å². The van der Waals surface area contributed by atoms with Crippen molar-refractivity contribution in [2.75, 3.05) is 26.2 Å². The molecule has 0 unspecified atom stereocenters. The summed E-state index contributed by atoms with van der Waals surface area (Å²) in [6, 6.07) is 5.07. The lowest BCUT2D eigenvalue weighted by Crippen LogP contribution is -2.49. The molecule has 0 saturated carbocycles. The minimum absolute atomic E-state index is 0.219. The van der Waals surface area contributed by atoms with E-state index in [1.807, 2.05) is 0 Å². The Balaban J connectivity index is 1.44. The van der Waals surface area contributed by atoms with Crippen LogP contribution in [0, 0.1) is 10.7 Å². The molecule has 1 saturated heterocycles. The standard InChI is InChI=1S/C16H22N8O2S3/c1-12(2)10-23-16(27)24(20-19-23)11-21-6-8-22(9-7-21)29(25,26)14-5-3-4-13-15(14)18-28-17-13/h3-5,12H,6-11H2,1-2H3. The third-order valence-electron chi connectivity index (χ3n) is 4.77. The number of piperazine rings is 1. The zero-order valence-corrected chi connectivity index (χ0v) is 18.6. The second-order valence-corrected chi connectivity index (χ2v) is 10.2. The first-order valence-electron chi connectivity index (χ1n) is 9.30. The van der Waals surface area contributed by atoms with E-state index in [4.69, 9.17) is 12.2 Å². The fraction of sp³-hybridized carbons (Fsp3) is 0.562. The molecule has 2 aromatic heterocycles. The first-order valence-corrected chi connectivity index (χ1v) is 11.9. The summed E-state index contributed by atoms with van der Waals surface area (Å²) in [6.45, 7) is 7.38. The lowest BCUT2D eigenvalue weighted by atomic mass is 10.2. The molecular weight excluding hydrogens is 432 g/mol. The lowest BCUT2D eigenvalue weighted by molar-refractivity contribution is 0.143. The highest BCUT2D eigenvalue weighted by molar-refractivity contribution is 7.89. The van der Waals surface area contributed by atoms with E-state index in [2.05, 4.69) is 37.9 Å². The van der Waals surface area contributed by atoms with E-state index in [1.165, 1.54) is 4.31 Å². The Morgan fingerprint density at radius 3 is 2.55 bits per heavy atom. The van der Waals surface area contributed by atoms with Gasteiger partial charge in [-0.3, -0.25) is 4.90 Å². The normalized spacial score (nSPS) is 16.8. The first kappa shape index (κ1) is 20.5. The molecule has 1 aromatic carbocycles. The van der Waals surface area contributed by atoms with E-state index in [0.29, 0.717) is 54.6 Å². The zero-order chi connectivity index (χ0) is 20.6. The number of tetrazole rings is 1. The van der Waals surface area contributed by atoms with Crippen molar-refractivity contribution in [1.29, 1.82) is 0 Å². The molecule has 0 atom stereocenters. The average molecular weight is 455 g/mol. The van der Waals surface area contributed by atoms with Gasteiger partial charge in [-0.2, -0.15) is 13.1 Å². The molecule has 1 aliphatic rings. The molecule has 13 heteroatoms. The van der Waals surface area contributed by atoms with E-state index >= 15 is 0 Å². The van der Waals surface area contributed by atoms with Gasteiger partial charge in [-0.15, -0.1) is 0 Å². The molecule has 3 heterocycles. The van der Waals surface area contributed by atoms with Crippen LogP contribution in [0.2, 0.25) is 0 Å². The Hall–Kier alpha value is -1.80. The summed E-state index contributed by atoms with van der Waals surface area (Å²) in [6.07, 6.45) is 0. The van der Waals surface area contributed by atoms with Crippen molar-refractivity contribution < 1.29 is 8.42 Å². The van der Waals surface area contributed by atoms with Gasteiger partial charge in [0.25, 0.3) is 0 Å². The molecule has 0 amide bonds. The monoisotopic (exact) mass is 454 g/mol. The van der Waals surface area contributed by atoms with Gasteiger partial charge >= 0.3 is 0 Å². The molecule has 0 N–H and O–H groups in total. The topological polar surface area (TPSA) is 102 Å². The van der Waals surface area contributed by atoms with Crippen molar-refractivity contribution in [2.24, 2.45) is 5.92 Å². The Morgan fingerprint density at radius 1 is 1.10 bits per heavy atom. The second kappa shape index (κ2) is 8.14. The first-order chi connectivity index (χ1) is 13.9. The predicted molar refractivity (Wildman–Crippen MR) is 111 cm³/mol. The van der Waals surface area contributed by atoms with Crippen LogP contribution in [-0.2, 0) is 23.2 Å². The molecule has 1 aliphatic heterocycles. The molecule has 10 nitrogen and oxygen atoms in total. The zero-order valence-electron chi connectivity index (χ0n) is 16.2. The van der Waals surface area contributed by atoms with Crippen LogP contribution < -0.4 is 0 Å². The number of aromatic nitrogens is 6. The summed E-state index contributed by atoms with van der Waals surface area (Å²) in [5, 5.41) is 8.26. The van der Waals surface area contributed by atoms with Crippen LogP contribution in [0.25, 0.3) is 11.0 Å². The van der Waals surface area contributed by atoms with Crippen molar-refractivity contribution >= 4 is 45.0 Å². The number of fused-ring (bicyclic) bond motifs is 1. The number of rotatable bonds is 6. The number of sulfonamides is 1. The highest BCUT2D eigenvalue weighted by Gasteiger charge is 2.30. The highest BCUT2D eigenvalue weighted by Crippen LogP contribution is 2.25. The number of hydrogen-bond donors (Lipinski definition) is 0. The van der Waals surface area contributed by atoms with E-state index < -0.39 is 10.0 Å². The summed E-state index contributed by atoms with van der Waals surface area (Å²) >= 11 is 6.47. The van der Waals surface area contributed by atoms with Crippen LogP contribution in [-0.4, -0.2) is 72.3 Å². The summed E-state index contributed by atoms with van der Waals surface area (Å²) in [5.74, 6) is 0.429. The molecule has 29 heavy (non-hydrogen) atoms. The summed E-state index contributed by atoms with van der Waals surface area (Å²) in [4.78, 5) is 2.34. The largest absolute Gasteiger partial charge is 0.282 e. The van der Waals surface area contributed by atoms with E-state index in [0.717, 1.165) is 18.3 Å². The van der Waals surface area contributed by atoms with Crippen LogP contribution >= 0.6 is 23.9 Å². The van der Waals surface area contributed by atoms with Crippen LogP contribution in [0.4, 0.5) is 0 Å². The van der Waals surface area contributed by atoms with Gasteiger partial charge in [-0.1, -0.05) is 19.9 Å². The predicted octanol–water partition coefficient (Wildman–Crippen LogP) is 1.43. The average Bonchev–Trinajstić information content (AvgIpc) is 3.30. The van der Waals surface area contributed by atoms with Crippen LogP contribution in [0.15, 0.2) is 23.1 Å². The Bertz CT molecular complexity index is 1160. The fourth-order valence-corrected chi connectivity index (χ4v) is 5.66. The van der Waals surface area contributed by atoms with Gasteiger partial charge in [-0.25, -0.2) is 17.8 Å². The molecular formula is C16H22N8O2S3. The Labute approximate surface area is 178 Å². The van der Waals surface area contributed by atoms with E-state index in [-0.39, 0.29) is 4.90 Å². The van der Waals surface area contributed by atoms with Gasteiger partial charge < -0.3 is 0 Å². The number of hydrogen-bond acceptors (Lipinski definition) is 9. The van der Waals surface area contributed by atoms with Gasteiger partial charge in [0.1, 0.15) is 15.9 Å². The molecule has 0 spiro atoms. The SMILES string of the molecule is CC(C)Cn1nnn(CN2CCN(S(=O)(=O)c3cccc4nsnc34)CC2)c1=S. The van der Waals surface area contributed by atoms with Crippen LogP contribution in [0.5, 0.6) is 0 Å². The third-order valence-corrected chi connectivity index (χ3v) is 7.66. The summed E-state index contributed by atoms with van der Waals surface area (Å²) in [5.41, 5.74) is 1.04. The minimum Gasteiger partial charge on any atom is -0.282 e. The van der Waals surface area contributed by atoms with Crippen molar-refractivity contribution in [3.63, 3.8) is 0 Å². The number of benzene rings is 1. The van der Waals surface area contributed by atoms with Gasteiger partial charge in [0.2, 0.25) is 14.8 Å². The molecule has 1 fully saturated rings. The quantitative estimate of drug-likeness (QED) is 0.516. The molecule has 156 valence electrons. The summed E-state index contributed by atoms with van der Waals surface area (Å²) in [7, 11) is -3.62. The van der Waals surface area contributed by atoms with Crippen LogP contribution in [0.1, 0.15) is 13.8 Å². The molecule has 3 aromatic rings. The van der Waals surface area contributed by atoms with Gasteiger partial charge in [0, 0.05) is 32.7 Å². The smallest absolute Gasteiger partial charge is 0.245 e. The van der Waals surface area contributed by atoms with E-state index in [1.54, 1.807) is 27.6 Å². The maximum atomic E-state index is 13.1. The Kier molecular flexibility index (Phi) is 5.75. The van der Waals surface area contributed by atoms with Crippen molar-refractivity contribution in [3.8, 4) is 0 Å². The van der Waals surface area contributed by atoms with Gasteiger partial charge in [0.05, 0.1) is 18.4 Å². The molecule has 0 radical (unpaired) electrons.